The first kappa shape index (κ1) is 53.7. The summed E-state index contributed by atoms with van der Waals surface area (Å²) in [6, 6.07) is 41.3. The second kappa shape index (κ2) is 24.0. The van der Waals surface area contributed by atoms with E-state index in [2.05, 4.69) is 47.0 Å². The number of nitrogens with one attached hydrogen (secondary N) is 2. The number of thioether (sulfide) groups is 1. The molecule has 0 spiro atoms. The van der Waals surface area contributed by atoms with Gasteiger partial charge in [-0.25, -0.2) is 22.8 Å². The van der Waals surface area contributed by atoms with Crippen LogP contribution in [0.2, 0.25) is 0 Å². The van der Waals surface area contributed by atoms with Crippen LogP contribution in [-0.2, 0) is 58.0 Å². The van der Waals surface area contributed by atoms with E-state index in [-0.39, 0.29) is 31.9 Å². The average molecular weight is 1010 g/mol. The molecule has 0 saturated carbocycles. The standard InChI is InChI=1S/C55H64N4O10S2/c1-38(2)48(50(61)58-34-41-24-20-19-23-40(41)33-47(58)49(60)57-46(51(62)63)31-32-71(6,66)67)59(53(65)68-36-39-21-11-7-12-22-39)35-45(56-52(64)69-54(3,4)5)37-70-55(42-25-13-8-14-26-42,43-27-15-9-16-28-43)44-29-17-10-18-30-44/h7-30,38,45-48H,31-37H2,1-6H3,(H,56,64)(H,57,60)(H,62,63)/t45-,46+,47+,48+/m1/s1. The SMILES string of the molecule is CC(C)[C@@H](C(=O)N1Cc2ccccc2C[C@H]1C(=O)N[C@@H](CCS(C)(=O)=O)C(=O)O)N(C[C@H](CSC(c1ccccc1)(c1ccccc1)c1ccccc1)NC(=O)OC(C)(C)C)C(=O)OCc1ccccc1. The van der Waals surface area contributed by atoms with Crippen molar-refractivity contribution in [1.82, 2.24) is 20.4 Å². The van der Waals surface area contributed by atoms with Crippen LogP contribution in [0.5, 0.6) is 0 Å². The molecule has 1 aliphatic heterocycles. The van der Waals surface area contributed by atoms with Gasteiger partial charge in [0, 0.05) is 31.5 Å². The van der Waals surface area contributed by atoms with Gasteiger partial charge in [0.15, 0.2) is 0 Å². The van der Waals surface area contributed by atoms with E-state index in [9.17, 15) is 32.7 Å². The topological polar surface area (TPSA) is 189 Å². The zero-order valence-corrected chi connectivity index (χ0v) is 42.7. The minimum absolute atomic E-state index is 0.00936. The summed E-state index contributed by atoms with van der Waals surface area (Å²) in [7, 11) is -3.58. The van der Waals surface area contributed by atoms with E-state index < -0.39 is 92.4 Å². The molecule has 376 valence electrons. The number of carbonyl (C=O) groups is 5. The Morgan fingerprint density at radius 3 is 1.76 bits per heavy atom. The number of carboxylic acid groups (broad SMARTS) is 1. The van der Waals surface area contributed by atoms with Crippen molar-refractivity contribution < 1.29 is 47.0 Å². The highest BCUT2D eigenvalue weighted by molar-refractivity contribution is 8.00. The van der Waals surface area contributed by atoms with Crippen LogP contribution in [0.1, 0.15) is 74.4 Å². The maximum absolute atomic E-state index is 15.6. The number of carbonyl (C=O) groups excluding carboxylic acids is 4. The van der Waals surface area contributed by atoms with Gasteiger partial charge in [0.05, 0.1) is 16.5 Å². The van der Waals surface area contributed by atoms with Crippen LogP contribution in [0.4, 0.5) is 9.59 Å². The molecular formula is C55H64N4O10S2. The number of amides is 4. The van der Waals surface area contributed by atoms with E-state index >= 15 is 4.79 Å². The highest BCUT2D eigenvalue weighted by Crippen LogP contribution is 2.48. The monoisotopic (exact) mass is 1000 g/mol. The molecule has 0 bridgehead atoms. The van der Waals surface area contributed by atoms with Gasteiger partial charge in [-0.2, -0.15) is 0 Å². The first-order valence-corrected chi connectivity index (χ1v) is 26.7. The molecule has 6 rings (SSSR count). The van der Waals surface area contributed by atoms with Gasteiger partial charge in [-0.3, -0.25) is 14.5 Å². The molecule has 14 nitrogen and oxygen atoms in total. The van der Waals surface area contributed by atoms with Crippen molar-refractivity contribution in [2.45, 2.75) is 95.1 Å². The molecule has 1 aliphatic rings. The zero-order valence-electron chi connectivity index (χ0n) is 41.0. The molecule has 16 heteroatoms. The molecule has 0 fully saturated rings. The van der Waals surface area contributed by atoms with E-state index in [4.69, 9.17) is 9.47 Å². The minimum atomic E-state index is -3.58. The molecule has 5 aromatic carbocycles. The van der Waals surface area contributed by atoms with Gasteiger partial charge < -0.3 is 30.1 Å². The third-order valence-electron chi connectivity index (χ3n) is 12.1. The molecule has 71 heavy (non-hydrogen) atoms. The van der Waals surface area contributed by atoms with Gasteiger partial charge >= 0.3 is 18.2 Å². The quantitative estimate of drug-likeness (QED) is 0.0638. The zero-order chi connectivity index (χ0) is 51.3. The number of fused-ring (bicyclic) bond motifs is 1. The maximum atomic E-state index is 15.6. The molecule has 3 N–H and O–H groups in total. The number of sulfone groups is 1. The number of nitrogens with zero attached hydrogens (tertiary/aromatic N) is 2. The Hall–Kier alpha value is -6.65. The fourth-order valence-electron chi connectivity index (χ4n) is 8.74. The molecule has 0 aliphatic carbocycles. The fourth-order valence-corrected chi connectivity index (χ4v) is 11.0. The van der Waals surface area contributed by atoms with Crippen LogP contribution in [0.15, 0.2) is 146 Å². The summed E-state index contributed by atoms with van der Waals surface area (Å²) in [6.07, 6.45) is -1.00. The van der Waals surface area contributed by atoms with Crippen molar-refractivity contribution in [3.63, 3.8) is 0 Å². The summed E-state index contributed by atoms with van der Waals surface area (Å²) >= 11 is 1.54. The third-order valence-corrected chi connectivity index (χ3v) is 14.8. The van der Waals surface area contributed by atoms with E-state index in [1.165, 1.54) is 9.80 Å². The van der Waals surface area contributed by atoms with Gasteiger partial charge in [-0.1, -0.05) is 159 Å². The molecule has 1 heterocycles. The van der Waals surface area contributed by atoms with Crippen LogP contribution in [0, 0.1) is 5.92 Å². The van der Waals surface area contributed by atoms with Gasteiger partial charge in [0.1, 0.15) is 40.2 Å². The first-order chi connectivity index (χ1) is 33.8. The molecular weight excluding hydrogens is 941 g/mol. The van der Waals surface area contributed by atoms with Crippen molar-refractivity contribution in [2.75, 3.05) is 24.3 Å². The molecule has 0 unspecified atom stereocenters. The largest absolute Gasteiger partial charge is 0.480 e. The lowest BCUT2D eigenvalue weighted by molar-refractivity contribution is -0.148. The smallest absolute Gasteiger partial charge is 0.410 e. The molecule has 5 aromatic rings. The summed E-state index contributed by atoms with van der Waals surface area (Å²) in [5.74, 6) is -3.78. The van der Waals surface area contributed by atoms with Crippen LogP contribution >= 0.6 is 11.8 Å². The van der Waals surface area contributed by atoms with Crippen molar-refractivity contribution in [2.24, 2.45) is 5.92 Å². The lowest BCUT2D eigenvalue weighted by atomic mass is 9.84. The van der Waals surface area contributed by atoms with E-state index in [0.29, 0.717) is 5.56 Å². The minimum Gasteiger partial charge on any atom is -0.480 e. The van der Waals surface area contributed by atoms with Gasteiger partial charge in [0.2, 0.25) is 11.8 Å². The summed E-state index contributed by atoms with van der Waals surface area (Å²) in [5, 5.41) is 15.6. The Kier molecular flexibility index (Phi) is 18.1. The van der Waals surface area contributed by atoms with E-state index in [1.54, 1.807) is 64.6 Å². The summed E-state index contributed by atoms with van der Waals surface area (Å²) < 4.78 is 35.1. The average Bonchev–Trinajstić information content (AvgIpc) is 3.34. The third kappa shape index (κ3) is 14.5. The van der Waals surface area contributed by atoms with Gasteiger partial charge in [0.25, 0.3) is 0 Å². The van der Waals surface area contributed by atoms with Gasteiger partial charge in [-0.05, 0) is 66.5 Å². The predicted molar refractivity (Wildman–Crippen MR) is 275 cm³/mol. The molecule has 4 amide bonds. The van der Waals surface area contributed by atoms with Crippen molar-refractivity contribution in [3.8, 4) is 0 Å². The normalized spacial score (nSPS) is 15.1. The van der Waals surface area contributed by atoms with Crippen LogP contribution in [-0.4, -0.2) is 107 Å². The van der Waals surface area contributed by atoms with Crippen molar-refractivity contribution >= 4 is 51.6 Å². The molecule has 0 radical (unpaired) electrons. The second-order valence-corrected chi connectivity index (χ2v) is 22.6. The number of hydrogen-bond acceptors (Lipinski definition) is 10. The Morgan fingerprint density at radius 1 is 0.761 bits per heavy atom. The Morgan fingerprint density at radius 2 is 1.27 bits per heavy atom. The predicted octanol–water partition coefficient (Wildman–Crippen LogP) is 8.23. The number of ether oxygens (including phenoxy) is 2. The first-order valence-electron chi connectivity index (χ1n) is 23.6. The summed E-state index contributed by atoms with van der Waals surface area (Å²) in [5.41, 5.74) is 4.20. The number of hydrogen-bond donors (Lipinski definition) is 3. The Bertz CT molecular complexity index is 2610. The van der Waals surface area contributed by atoms with E-state index in [0.717, 1.165) is 34.1 Å². The number of carboxylic acids is 1. The van der Waals surface area contributed by atoms with Crippen LogP contribution in [0.3, 0.4) is 0 Å². The number of rotatable bonds is 20. The highest BCUT2D eigenvalue weighted by atomic mass is 32.2. The summed E-state index contributed by atoms with van der Waals surface area (Å²) in [4.78, 5) is 73.9. The number of benzene rings is 5. The second-order valence-electron chi connectivity index (χ2n) is 19.1. The number of aliphatic carboxylic acids is 1. The molecule has 0 saturated heterocycles. The van der Waals surface area contributed by atoms with Crippen molar-refractivity contribution in [1.29, 1.82) is 0 Å². The van der Waals surface area contributed by atoms with E-state index in [1.807, 2.05) is 91.0 Å². The van der Waals surface area contributed by atoms with Crippen molar-refractivity contribution in [3.05, 3.63) is 179 Å². The van der Waals surface area contributed by atoms with Crippen LogP contribution in [0.25, 0.3) is 0 Å². The number of alkyl carbamates (subject to hydrolysis) is 1. The van der Waals surface area contributed by atoms with Gasteiger partial charge in [-0.15, -0.1) is 11.8 Å². The molecule has 0 aromatic heterocycles. The lowest BCUT2D eigenvalue weighted by Gasteiger charge is -2.42. The lowest BCUT2D eigenvalue weighted by Crippen LogP contribution is -2.62. The summed E-state index contributed by atoms with van der Waals surface area (Å²) in [6.45, 7) is 8.33. The van der Waals surface area contributed by atoms with Crippen LogP contribution < -0.4 is 10.6 Å². The molecule has 4 atom stereocenters. The fraction of sp³-hybridized carbons (Fsp3) is 0.364. The Labute approximate surface area is 421 Å². The maximum Gasteiger partial charge on any atom is 0.410 e. The highest BCUT2D eigenvalue weighted by Gasteiger charge is 2.45. The Balaban J connectivity index is 1.44.